The van der Waals surface area contributed by atoms with Gasteiger partial charge in [0, 0.05) is 31.7 Å². The molecule has 24 heavy (non-hydrogen) atoms. The third-order valence-corrected chi connectivity index (χ3v) is 3.73. The molecule has 1 heterocycles. The molecule has 1 saturated heterocycles. The van der Waals surface area contributed by atoms with E-state index < -0.39 is 0 Å². The van der Waals surface area contributed by atoms with Gasteiger partial charge in [0.1, 0.15) is 5.75 Å². The average Bonchev–Trinajstić information content (AvgIpc) is 3.12. The molecule has 0 saturated carbocycles. The van der Waals surface area contributed by atoms with Gasteiger partial charge in [0.2, 0.25) is 0 Å². The van der Waals surface area contributed by atoms with Gasteiger partial charge in [-0.05, 0) is 38.0 Å². The predicted molar refractivity (Wildman–Crippen MR) is 108 cm³/mol. The van der Waals surface area contributed by atoms with Crippen LogP contribution in [0.2, 0.25) is 0 Å². The molecular weight excluding hydrogens is 419 g/mol. The molecule has 7 heteroatoms. The molecule has 1 aromatic rings. The molecule has 134 valence electrons. The van der Waals surface area contributed by atoms with Gasteiger partial charge in [-0.15, -0.1) is 24.0 Å². The summed E-state index contributed by atoms with van der Waals surface area (Å²) in [5, 5.41) is 6.20. The number of nitrogens with one attached hydrogen (secondary N) is 2. The molecule has 2 rings (SSSR count). The maximum atomic E-state index is 12.1. The van der Waals surface area contributed by atoms with Gasteiger partial charge in [-0.25, -0.2) is 0 Å². The Morgan fingerprint density at radius 3 is 2.71 bits per heavy atom. The third kappa shape index (κ3) is 6.18. The summed E-state index contributed by atoms with van der Waals surface area (Å²) in [7, 11) is 1.59. The van der Waals surface area contributed by atoms with Crippen LogP contribution in [0.25, 0.3) is 0 Å². The molecule has 2 N–H and O–H groups in total. The Hall–Kier alpha value is -1.51. The largest absolute Gasteiger partial charge is 0.497 e. The molecule has 1 fully saturated rings. The third-order valence-electron chi connectivity index (χ3n) is 3.73. The number of guanidine groups is 1. The Morgan fingerprint density at radius 2 is 2.04 bits per heavy atom. The van der Waals surface area contributed by atoms with Gasteiger partial charge >= 0.3 is 0 Å². The maximum absolute atomic E-state index is 12.1. The fraction of sp³-hybridized carbons (Fsp3) is 0.529. The number of ether oxygens (including phenoxy) is 1. The highest BCUT2D eigenvalue weighted by molar-refractivity contribution is 14.0. The summed E-state index contributed by atoms with van der Waals surface area (Å²) in [6.45, 7) is 6.11. The van der Waals surface area contributed by atoms with Crippen molar-refractivity contribution in [2.24, 2.45) is 4.99 Å². The number of hydrogen-bond donors (Lipinski definition) is 2. The van der Waals surface area contributed by atoms with Crippen molar-refractivity contribution in [2.45, 2.75) is 19.8 Å². The minimum Gasteiger partial charge on any atom is -0.497 e. The Balaban J connectivity index is 0.00000288. The number of benzene rings is 1. The van der Waals surface area contributed by atoms with Gasteiger partial charge in [-0.2, -0.15) is 0 Å². The zero-order valence-corrected chi connectivity index (χ0v) is 16.7. The van der Waals surface area contributed by atoms with E-state index >= 15 is 0 Å². The minimum atomic E-state index is -0.106. The van der Waals surface area contributed by atoms with Crippen LogP contribution in [0.3, 0.4) is 0 Å². The number of carbonyl (C=O) groups excluding carboxylic acids is 1. The molecule has 0 radical (unpaired) electrons. The van der Waals surface area contributed by atoms with Crippen molar-refractivity contribution in [1.29, 1.82) is 0 Å². The van der Waals surface area contributed by atoms with Crippen molar-refractivity contribution in [2.75, 3.05) is 39.8 Å². The van der Waals surface area contributed by atoms with Crippen molar-refractivity contribution in [3.8, 4) is 5.75 Å². The summed E-state index contributed by atoms with van der Waals surface area (Å²) >= 11 is 0. The lowest BCUT2D eigenvalue weighted by Crippen LogP contribution is -2.40. The zero-order chi connectivity index (χ0) is 16.5. The van der Waals surface area contributed by atoms with Crippen molar-refractivity contribution >= 4 is 35.8 Å². The van der Waals surface area contributed by atoms with Crippen LogP contribution in [0.1, 0.15) is 30.1 Å². The van der Waals surface area contributed by atoms with Gasteiger partial charge in [-0.1, -0.05) is 6.07 Å². The van der Waals surface area contributed by atoms with Crippen molar-refractivity contribution < 1.29 is 9.53 Å². The van der Waals surface area contributed by atoms with Gasteiger partial charge in [0.05, 0.1) is 13.7 Å². The van der Waals surface area contributed by atoms with Crippen LogP contribution in [0.4, 0.5) is 0 Å². The second-order valence-corrected chi connectivity index (χ2v) is 5.42. The van der Waals surface area contributed by atoms with E-state index in [1.807, 2.05) is 12.1 Å². The molecule has 0 aromatic heterocycles. The summed E-state index contributed by atoms with van der Waals surface area (Å²) in [4.78, 5) is 19.0. The summed E-state index contributed by atoms with van der Waals surface area (Å²) in [5.41, 5.74) is 0.597. The average molecular weight is 446 g/mol. The van der Waals surface area contributed by atoms with Gasteiger partial charge in [0.15, 0.2) is 5.96 Å². The number of amides is 1. The van der Waals surface area contributed by atoms with Crippen molar-refractivity contribution in [3.05, 3.63) is 29.8 Å². The monoisotopic (exact) mass is 446 g/mol. The lowest BCUT2D eigenvalue weighted by molar-refractivity contribution is 0.0954. The van der Waals surface area contributed by atoms with Crippen LogP contribution in [0, 0.1) is 0 Å². The van der Waals surface area contributed by atoms with Gasteiger partial charge in [-0.3, -0.25) is 9.79 Å². The Labute approximate surface area is 161 Å². The summed E-state index contributed by atoms with van der Waals surface area (Å²) in [5.74, 6) is 1.52. The van der Waals surface area contributed by atoms with E-state index in [1.165, 1.54) is 12.8 Å². The SMILES string of the molecule is CCNC(=NCCNC(=O)c1cccc(OC)c1)N1CCCC1.I. The number of aliphatic imine (C=N–C) groups is 1. The number of likely N-dealkylation sites (tertiary alicyclic amines) is 1. The van der Waals surface area contributed by atoms with Crippen LogP contribution in [0.15, 0.2) is 29.3 Å². The predicted octanol–water partition coefficient (Wildman–Crippen LogP) is 2.10. The number of nitrogens with zero attached hydrogens (tertiary/aromatic N) is 2. The number of halogens is 1. The molecule has 0 spiro atoms. The number of hydrogen-bond acceptors (Lipinski definition) is 3. The quantitative estimate of drug-likeness (QED) is 0.304. The Kier molecular flexibility index (Phi) is 9.51. The molecule has 0 aliphatic carbocycles. The van der Waals surface area contributed by atoms with Crippen LogP contribution in [-0.4, -0.2) is 56.6 Å². The fourth-order valence-electron chi connectivity index (χ4n) is 2.55. The molecular formula is C17H27IN4O2. The molecule has 1 amide bonds. The highest BCUT2D eigenvalue weighted by atomic mass is 127. The lowest BCUT2D eigenvalue weighted by Gasteiger charge is -2.20. The van der Waals surface area contributed by atoms with Crippen molar-refractivity contribution in [3.63, 3.8) is 0 Å². The minimum absolute atomic E-state index is 0. The van der Waals surface area contributed by atoms with Gasteiger partial charge < -0.3 is 20.3 Å². The highest BCUT2D eigenvalue weighted by Gasteiger charge is 2.15. The molecule has 1 aliphatic rings. The van der Waals surface area contributed by atoms with Crippen LogP contribution in [-0.2, 0) is 0 Å². The summed E-state index contributed by atoms with van der Waals surface area (Å²) < 4.78 is 5.13. The van der Waals surface area contributed by atoms with E-state index in [2.05, 4.69) is 27.4 Å². The first kappa shape index (κ1) is 20.5. The van der Waals surface area contributed by atoms with E-state index in [0.29, 0.717) is 24.4 Å². The summed E-state index contributed by atoms with van der Waals surface area (Å²) in [6, 6.07) is 7.13. The first-order valence-electron chi connectivity index (χ1n) is 8.20. The summed E-state index contributed by atoms with van der Waals surface area (Å²) in [6.07, 6.45) is 2.44. The van der Waals surface area contributed by atoms with Gasteiger partial charge in [0.25, 0.3) is 5.91 Å². The first-order valence-corrected chi connectivity index (χ1v) is 8.20. The molecule has 1 aromatic carbocycles. The van der Waals surface area contributed by atoms with E-state index in [4.69, 9.17) is 4.74 Å². The maximum Gasteiger partial charge on any atom is 0.251 e. The molecule has 6 nitrogen and oxygen atoms in total. The lowest BCUT2D eigenvalue weighted by atomic mass is 10.2. The van der Waals surface area contributed by atoms with Crippen LogP contribution < -0.4 is 15.4 Å². The number of methoxy groups -OCH3 is 1. The van der Waals surface area contributed by atoms with E-state index in [9.17, 15) is 4.79 Å². The van der Waals surface area contributed by atoms with Crippen LogP contribution >= 0.6 is 24.0 Å². The number of carbonyl (C=O) groups is 1. The smallest absolute Gasteiger partial charge is 0.251 e. The molecule has 1 aliphatic heterocycles. The Bertz CT molecular complexity index is 545. The van der Waals surface area contributed by atoms with Crippen molar-refractivity contribution in [1.82, 2.24) is 15.5 Å². The first-order chi connectivity index (χ1) is 11.2. The zero-order valence-electron chi connectivity index (χ0n) is 14.4. The fourth-order valence-corrected chi connectivity index (χ4v) is 2.55. The normalized spacial score (nSPS) is 14.1. The highest BCUT2D eigenvalue weighted by Crippen LogP contribution is 2.12. The molecule has 0 unspecified atom stereocenters. The van der Waals surface area contributed by atoms with E-state index in [-0.39, 0.29) is 29.9 Å². The topological polar surface area (TPSA) is 66.0 Å². The second kappa shape index (κ2) is 11.1. The van der Waals surface area contributed by atoms with E-state index in [0.717, 1.165) is 25.6 Å². The second-order valence-electron chi connectivity index (χ2n) is 5.42. The standard InChI is InChI=1S/C17H26N4O2.HI/c1-3-18-17(21-11-4-5-12-21)20-10-9-19-16(22)14-7-6-8-15(13-14)23-2;/h6-8,13H,3-5,9-12H2,1-2H3,(H,18,20)(H,19,22);1H. The molecule has 0 bridgehead atoms. The number of rotatable bonds is 6. The molecule has 0 atom stereocenters. The Morgan fingerprint density at radius 1 is 1.29 bits per heavy atom. The van der Waals surface area contributed by atoms with Crippen LogP contribution in [0.5, 0.6) is 5.75 Å². The van der Waals surface area contributed by atoms with E-state index in [1.54, 1.807) is 19.2 Å².